The van der Waals surface area contributed by atoms with Crippen LogP contribution in [-0.2, 0) is 10.5 Å². The number of carboxylic acids is 1. The third kappa shape index (κ3) is 2.39. The molecule has 0 saturated heterocycles. The average molecular weight is 270 g/mol. The first-order chi connectivity index (χ1) is 8.34. The number of aromatic nitrogens is 2. The quantitative estimate of drug-likeness (QED) is 0.886. The molecule has 1 aromatic heterocycles. The van der Waals surface area contributed by atoms with Gasteiger partial charge in [0.1, 0.15) is 0 Å². The maximum Gasteiger partial charge on any atom is 0.307 e. The number of hydrogen-bond acceptors (Lipinski definition) is 5. The van der Waals surface area contributed by atoms with Gasteiger partial charge in [-0.2, -0.15) is 16.7 Å². The molecule has 1 N–H and O–H groups in total. The molecule has 5 nitrogen and oxygen atoms in total. The molecule has 1 aromatic rings. The first-order valence-corrected chi connectivity index (χ1v) is 7.05. The lowest BCUT2D eigenvalue weighted by atomic mass is 10.1. The fourth-order valence-electron chi connectivity index (χ4n) is 2.25. The molecule has 100 valence electrons. The zero-order chi connectivity index (χ0) is 13.5. The van der Waals surface area contributed by atoms with Gasteiger partial charge in [-0.05, 0) is 10.7 Å². The zero-order valence-electron chi connectivity index (χ0n) is 11.0. The van der Waals surface area contributed by atoms with Crippen LogP contribution in [0.2, 0.25) is 0 Å². The molecular weight excluding hydrogens is 252 g/mol. The van der Waals surface area contributed by atoms with Crippen molar-refractivity contribution in [2.75, 3.05) is 0 Å². The Morgan fingerprint density at radius 3 is 2.72 bits per heavy atom. The molecule has 0 amide bonds. The van der Waals surface area contributed by atoms with Gasteiger partial charge in [0.15, 0.2) is 5.82 Å². The van der Waals surface area contributed by atoms with Crippen LogP contribution in [0.3, 0.4) is 0 Å². The number of carbonyl (C=O) groups is 1. The number of rotatable bonds is 5. The van der Waals surface area contributed by atoms with E-state index in [9.17, 15) is 4.79 Å². The Morgan fingerprint density at radius 2 is 2.22 bits per heavy atom. The first-order valence-electron chi connectivity index (χ1n) is 6.01. The van der Waals surface area contributed by atoms with E-state index in [2.05, 4.69) is 24.0 Å². The number of nitrogens with zero attached hydrogens (tertiary/aromatic N) is 2. The smallest absolute Gasteiger partial charge is 0.307 e. The van der Waals surface area contributed by atoms with E-state index in [1.54, 1.807) is 11.8 Å². The topological polar surface area (TPSA) is 76.2 Å². The fourth-order valence-corrected chi connectivity index (χ4v) is 2.85. The lowest BCUT2D eigenvalue weighted by molar-refractivity contribution is -0.139. The van der Waals surface area contributed by atoms with E-state index in [4.69, 9.17) is 9.63 Å². The van der Waals surface area contributed by atoms with Gasteiger partial charge in [0.25, 0.3) is 0 Å². The Balaban J connectivity index is 2.05. The first kappa shape index (κ1) is 13.4. The van der Waals surface area contributed by atoms with Gasteiger partial charge in [0, 0.05) is 0 Å². The van der Waals surface area contributed by atoms with Crippen molar-refractivity contribution in [2.24, 2.45) is 11.3 Å². The van der Waals surface area contributed by atoms with E-state index in [-0.39, 0.29) is 11.3 Å². The van der Waals surface area contributed by atoms with Crippen molar-refractivity contribution in [3.8, 4) is 0 Å². The highest BCUT2D eigenvalue weighted by Gasteiger charge is 2.65. The normalized spacial score (nSPS) is 25.4. The lowest BCUT2D eigenvalue weighted by Gasteiger charge is -1.99. The summed E-state index contributed by atoms with van der Waals surface area (Å²) in [5.74, 6) is 0.457. The Bertz CT molecular complexity index is 456. The number of carboxylic acid groups (broad SMARTS) is 1. The summed E-state index contributed by atoms with van der Waals surface area (Å²) in [7, 11) is 0. The van der Waals surface area contributed by atoms with Crippen molar-refractivity contribution in [1.82, 2.24) is 10.1 Å². The summed E-state index contributed by atoms with van der Waals surface area (Å²) >= 11 is 1.74. The summed E-state index contributed by atoms with van der Waals surface area (Å²) in [5.41, 5.74) is -0.291. The molecular formula is C12H18N2O3S. The van der Waals surface area contributed by atoms with E-state index in [0.29, 0.717) is 22.7 Å². The van der Waals surface area contributed by atoms with Gasteiger partial charge < -0.3 is 9.63 Å². The molecule has 18 heavy (non-hydrogen) atoms. The SMILES string of the molecule is CC(C)SCc1noc(C2C(C(=O)O)C2(C)C)n1. The van der Waals surface area contributed by atoms with Crippen molar-refractivity contribution in [2.45, 2.75) is 44.6 Å². The monoisotopic (exact) mass is 270 g/mol. The Labute approximate surface area is 110 Å². The maximum absolute atomic E-state index is 11.1. The molecule has 0 aliphatic heterocycles. The van der Waals surface area contributed by atoms with Crippen molar-refractivity contribution in [3.63, 3.8) is 0 Å². The van der Waals surface area contributed by atoms with Gasteiger partial charge in [0.2, 0.25) is 5.89 Å². The third-order valence-corrected chi connectivity index (χ3v) is 4.48. The second kappa shape index (κ2) is 4.57. The van der Waals surface area contributed by atoms with Gasteiger partial charge in [-0.1, -0.05) is 32.9 Å². The summed E-state index contributed by atoms with van der Waals surface area (Å²) in [6.07, 6.45) is 0. The van der Waals surface area contributed by atoms with Crippen LogP contribution in [0.1, 0.15) is 45.3 Å². The molecule has 1 saturated carbocycles. The van der Waals surface area contributed by atoms with E-state index in [1.807, 2.05) is 13.8 Å². The highest BCUT2D eigenvalue weighted by atomic mass is 32.2. The molecule has 1 fully saturated rings. The van der Waals surface area contributed by atoms with Crippen LogP contribution in [0.25, 0.3) is 0 Å². The molecule has 0 radical (unpaired) electrons. The Kier molecular flexibility index (Phi) is 3.40. The van der Waals surface area contributed by atoms with Crippen LogP contribution in [0.5, 0.6) is 0 Å². The van der Waals surface area contributed by atoms with Gasteiger partial charge in [-0.25, -0.2) is 0 Å². The van der Waals surface area contributed by atoms with Gasteiger partial charge in [-0.3, -0.25) is 4.79 Å². The Hall–Kier alpha value is -1.04. The highest BCUT2D eigenvalue weighted by Crippen LogP contribution is 2.64. The Morgan fingerprint density at radius 1 is 1.56 bits per heavy atom. The van der Waals surface area contributed by atoms with E-state index in [1.165, 1.54) is 0 Å². The minimum Gasteiger partial charge on any atom is -0.481 e. The molecule has 0 aromatic carbocycles. The van der Waals surface area contributed by atoms with Crippen LogP contribution in [0, 0.1) is 11.3 Å². The number of aliphatic carboxylic acids is 1. The molecule has 6 heteroatoms. The summed E-state index contributed by atoms with van der Waals surface area (Å²) in [5, 5.41) is 13.5. The second-order valence-electron chi connectivity index (χ2n) is 5.52. The summed E-state index contributed by atoms with van der Waals surface area (Å²) in [4.78, 5) is 15.4. The maximum atomic E-state index is 11.1. The molecule has 2 unspecified atom stereocenters. The zero-order valence-corrected chi connectivity index (χ0v) is 11.8. The number of thioether (sulfide) groups is 1. The average Bonchev–Trinajstić information content (AvgIpc) is 2.65. The fraction of sp³-hybridized carbons (Fsp3) is 0.750. The predicted octanol–water partition coefficient (Wildman–Crippen LogP) is 2.54. The third-order valence-electron chi connectivity index (χ3n) is 3.39. The summed E-state index contributed by atoms with van der Waals surface area (Å²) < 4.78 is 5.20. The minimum absolute atomic E-state index is 0.153. The van der Waals surface area contributed by atoms with Gasteiger partial charge >= 0.3 is 5.97 Å². The van der Waals surface area contributed by atoms with Crippen LogP contribution >= 0.6 is 11.8 Å². The van der Waals surface area contributed by atoms with E-state index >= 15 is 0 Å². The van der Waals surface area contributed by atoms with Crippen molar-refractivity contribution in [3.05, 3.63) is 11.7 Å². The number of hydrogen-bond donors (Lipinski definition) is 1. The van der Waals surface area contributed by atoms with E-state index < -0.39 is 11.9 Å². The van der Waals surface area contributed by atoms with Crippen molar-refractivity contribution in [1.29, 1.82) is 0 Å². The lowest BCUT2D eigenvalue weighted by Crippen LogP contribution is -2.03. The van der Waals surface area contributed by atoms with Crippen LogP contribution < -0.4 is 0 Å². The molecule has 0 spiro atoms. The molecule has 2 rings (SSSR count). The molecule has 1 aliphatic rings. The standard InChI is InChI=1S/C12H18N2O3S/c1-6(2)18-5-7-13-10(17-14-7)8-9(11(15)16)12(8,3)4/h6,8-9H,5H2,1-4H3,(H,15,16). The summed E-state index contributed by atoms with van der Waals surface area (Å²) in [6.45, 7) is 8.05. The summed E-state index contributed by atoms with van der Waals surface area (Å²) in [6, 6.07) is 0. The molecule has 2 atom stereocenters. The predicted molar refractivity (Wildman–Crippen MR) is 68.4 cm³/mol. The van der Waals surface area contributed by atoms with Crippen molar-refractivity contribution >= 4 is 17.7 Å². The minimum atomic E-state index is -0.790. The highest BCUT2D eigenvalue weighted by molar-refractivity contribution is 7.99. The second-order valence-corrected chi connectivity index (χ2v) is 7.09. The molecule has 0 bridgehead atoms. The van der Waals surface area contributed by atoms with Crippen LogP contribution in [-0.4, -0.2) is 26.5 Å². The van der Waals surface area contributed by atoms with Crippen LogP contribution in [0.15, 0.2) is 4.52 Å². The van der Waals surface area contributed by atoms with Crippen LogP contribution in [0.4, 0.5) is 0 Å². The van der Waals surface area contributed by atoms with E-state index in [0.717, 1.165) is 0 Å². The van der Waals surface area contributed by atoms with Crippen molar-refractivity contribution < 1.29 is 14.4 Å². The largest absolute Gasteiger partial charge is 0.481 e. The molecule has 1 aliphatic carbocycles. The van der Waals surface area contributed by atoms with Gasteiger partial charge in [0.05, 0.1) is 17.6 Å². The van der Waals surface area contributed by atoms with Gasteiger partial charge in [-0.15, -0.1) is 0 Å². The molecule has 1 heterocycles.